The topological polar surface area (TPSA) is 204 Å². The Kier molecular flexibility index (Phi) is 13.0. The summed E-state index contributed by atoms with van der Waals surface area (Å²) in [6.45, 7) is 2.90. The number of carbonyl (C=O) groups is 2. The SMILES string of the molecule is O=C(O)[C@H]1Cc2cc(ccc2OCc2ccnc(-c3ccccc3OO)n2)CC(=O)N(CCN2CCN(O)CC2)Cc2ccc(c(O)c2Cl)-c2c(-c3ccc(F)cc3)sc3ncnc(c23)O1. The Bertz CT molecular complexity index is 2930. The number of carboxylic acid groups (broad SMARTS) is 1. The minimum Gasteiger partial charge on any atom is -0.506 e. The van der Waals surface area contributed by atoms with Gasteiger partial charge in [0.25, 0.3) is 0 Å². The van der Waals surface area contributed by atoms with Crippen LogP contribution in [0.4, 0.5) is 4.39 Å². The van der Waals surface area contributed by atoms with E-state index in [0.717, 1.165) is 0 Å². The van der Waals surface area contributed by atoms with Gasteiger partial charge in [-0.05, 0) is 58.7 Å². The molecule has 0 unspecified atom stereocenters. The third kappa shape index (κ3) is 9.46. The number of carboxylic acids is 1. The Morgan fingerprint density at radius 2 is 1.73 bits per heavy atom. The van der Waals surface area contributed by atoms with Gasteiger partial charge in [-0.25, -0.2) is 34.4 Å². The van der Waals surface area contributed by atoms with Crippen LogP contribution in [0.2, 0.25) is 5.02 Å². The number of aromatic hydroxyl groups is 1. The van der Waals surface area contributed by atoms with Gasteiger partial charge >= 0.3 is 5.97 Å². The molecular formula is C47H41ClFN7O9S. The number of nitrogens with zero attached hydrogens (tertiary/aromatic N) is 7. The van der Waals surface area contributed by atoms with Crippen molar-refractivity contribution in [3.05, 3.63) is 131 Å². The molecule has 4 bridgehead atoms. The highest BCUT2D eigenvalue weighted by Crippen LogP contribution is 2.51. The number of para-hydroxylation sites is 1. The number of amides is 1. The zero-order valence-electron chi connectivity index (χ0n) is 35.0. The molecule has 4 aromatic carbocycles. The van der Waals surface area contributed by atoms with Crippen molar-refractivity contribution in [1.82, 2.24) is 34.8 Å². The maximum atomic E-state index is 14.4. The van der Waals surface area contributed by atoms with Crippen LogP contribution in [0, 0.1) is 5.82 Å². The van der Waals surface area contributed by atoms with Crippen LogP contribution in [0.1, 0.15) is 22.4 Å². The van der Waals surface area contributed by atoms with Crippen molar-refractivity contribution in [3.8, 4) is 56.1 Å². The first-order valence-corrected chi connectivity index (χ1v) is 22.1. The van der Waals surface area contributed by atoms with E-state index < -0.39 is 17.9 Å². The minimum atomic E-state index is -1.56. The number of rotatable bonds is 10. The lowest BCUT2D eigenvalue weighted by Gasteiger charge is -2.33. The lowest BCUT2D eigenvalue weighted by molar-refractivity contribution is -0.145. The van der Waals surface area contributed by atoms with E-state index >= 15 is 0 Å². The van der Waals surface area contributed by atoms with Gasteiger partial charge in [0, 0.05) is 74.4 Å². The van der Waals surface area contributed by atoms with E-state index in [9.17, 15) is 34.7 Å². The van der Waals surface area contributed by atoms with E-state index in [-0.39, 0.29) is 65.7 Å². The van der Waals surface area contributed by atoms with E-state index in [2.05, 4.69) is 29.7 Å². The highest BCUT2D eigenvalue weighted by molar-refractivity contribution is 7.22. The number of aliphatic carboxylic acids is 1. The second-order valence-electron chi connectivity index (χ2n) is 15.7. The number of benzene rings is 4. The minimum absolute atomic E-state index is 0.00109. The molecule has 10 rings (SSSR count). The van der Waals surface area contributed by atoms with Crippen LogP contribution in [-0.2, 0) is 35.6 Å². The number of phenolic OH excluding ortho intramolecular Hbond substituents is 1. The summed E-state index contributed by atoms with van der Waals surface area (Å²) in [5.74, 6) is -1.68. The van der Waals surface area contributed by atoms with Gasteiger partial charge in [0.2, 0.25) is 17.9 Å². The lowest BCUT2D eigenvalue weighted by Crippen LogP contribution is -2.47. The molecule has 6 heterocycles. The Balaban J connectivity index is 1.14. The van der Waals surface area contributed by atoms with Gasteiger partial charge in [0.05, 0.1) is 28.1 Å². The molecule has 19 heteroatoms. The molecule has 4 N–H and O–H groups in total. The first-order valence-electron chi connectivity index (χ1n) is 20.9. The first kappa shape index (κ1) is 44.4. The molecule has 0 spiro atoms. The zero-order valence-corrected chi connectivity index (χ0v) is 36.6. The number of phenols is 1. The van der Waals surface area contributed by atoms with Crippen molar-refractivity contribution >= 4 is 45.0 Å². The van der Waals surface area contributed by atoms with E-state index in [0.29, 0.717) is 99.2 Å². The molecule has 3 aliphatic heterocycles. The van der Waals surface area contributed by atoms with E-state index in [1.54, 1.807) is 77.7 Å². The summed E-state index contributed by atoms with van der Waals surface area (Å²) in [6, 6.07) is 22.7. The van der Waals surface area contributed by atoms with E-state index in [4.69, 9.17) is 21.1 Å². The summed E-state index contributed by atoms with van der Waals surface area (Å²) in [6.07, 6.45) is 0.904. The fourth-order valence-corrected chi connectivity index (χ4v) is 9.42. The predicted octanol–water partition coefficient (Wildman–Crippen LogP) is 7.38. The average molecular weight is 934 g/mol. The summed E-state index contributed by atoms with van der Waals surface area (Å²) in [4.78, 5) is 54.9. The van der Waals surface area contributed by atoms with Crippen molar-refractivity contribution in [1.29, 1.82) is 0 Å². The largest absolute Gasteiger partial charge is 0.506 e. The van der Waals surface area contributed by atoms with Gasteiger partial charge in [-0.3, -0.25) is 9.69 Å². The van der Waals surface area contributed by atoms with Crippen molar-refractivity contribution in [3.63, 3.8) is 0 Å². The van der Waals surface area contributed by atoms with Gasteiger partial charge in [-0.2, -0.15) is 5.06 Å². The summed E-state index contributed by atoms with van der Waals surface area (Å²) >= 11 is 8.24. The molecule has 3 aromatic heterocycles. The summed E-state index contributed by atoms with van der Waals surface area (Å²) in [7, 11) is 0. The maximum Gasteiger partial charge on any atom is 0.345 e. The number of hydroxylamine groups is 2. The number of halogens is 2. The Hall–Kier alpha value is -6.80. The van der Waals surface area contributed by atoms with Crippen molar-refractivity contribution < 1.29 is 49.0 Å². The molecule has 16 nitrogen and oxygen atoms in total. The van der Waals surface area contributed by atoms with Crippen molar-refractivity contribution in [2.45, 2.75) is 32.1 Å². The third-order valence-electron chi connectivity index (χ3n) is 11.5. The van der Waals surface area contributed by atoms with Crippen LogP contribution < -0.4 is 14.4 Å². The van der Waals surface area contributed by atoms with Crippen LogP contribution in [0.3, 0.4) is 0 Å². The average Bonchev–Trinajstić information content (AvgIpc) is 3.72. The molecule has 338 valence electrons. The second kappa shape index (κ2) is 19.4. The van der Waals surface area contributed by atoms with Gasteiger partial charge in [0.15, 0.2) is 11.6 Å². The summed E-state index contributed by atoms with van der Waals surface area (Å²) in [5, 5.41) is 43.7. The molecule has 0 aliphatic carbocycles. The molecule has 66 heavy (non-hydrogen) atoms. The van der Waals surface area contributed by atoms with Gasteiger partial charge in [-0.1, -0.05) is 60.1 Å². The second-order valence-corrected chi connectivity index (χ2v) is 17.1. The fraction of sp³-hybridized carbons (Fsp3) is 0.234. The standard InChI is InChI=1S/C47H41ClFN7O9S/c48-41-29-8-11-34(42(41)58)39-40-45(51-26-52-46(40)66-43(39)28-6-9-31(49)10-7-28)64-37(47(59)60)23-30-21-27(22-38(57)55(24-29)18-15-54-16-19-56(61)20-17-54)5-12-35(30)63-25-32-13-14-50-44(53-32)33-3-1-2-4-36(33)65-62/h1-14,21,26,37,58,61-62H,15-20,22-25H2,(H,59,60)/t37-/m1/s1. The number of hydrogen-bond donors (Lipinski definition) is 4. The highest BCUT2D eigenvalue weighted by Gasteiger charge is 2.30. The lowest BCUT2D eigenvalue weighted by atomic mass is 9.97. The normalized spacial score (nSPS) is 16.0. The molecule has 1 amide bonds. The van der Waals surface area contributed by atoms with Gasteiger partial charge in [0.1, 0.15) is 35.1 Å². The highest BCUT2D eigenvalue weighted by atomic mass is 35.5. The zero-order chi connectivity index (χ0) is 45.9. The number of hydrogen-bond acceptors (Lipinski definition) is 15. The Morgan fingerprint density at radius 1 is 0.924 bits per heavy atom. The first-order chi connectivity index (χ1) is 32.0. The summed E-state index contributed by atoms with van der Waals surface area (Å²) < 4.78 is 26.9. The number of ether oxygens (including phenoxy) is 2. The predicted molar refractivity (Wildman–Crippen MR) is 241 cm³/mol. The van der Waals surface area contributed by atoms with Crippen LogP contribution in [0.25, 0.3) is 43.2 Å². The third-order valence-corrected chi connectivity index (χ3v) is 13.1. The van der Waals surface area contributed by atoms with Crippen molar-refractivity contribution in [2.24, 2.45) is 0 Å². The quantitative estimate of drug-likeness (QED) is 0.0781. The van der Waals surface area contributed by atoms with E-state index in [1.165, 1.54) is 41.1 Å². The van der Waals surface area contributed by atoms with Gasteiger partial charge in [-0.15, -0.1) is 11.3 Å². The Labute approximate surface area is 385 Å². The van der Waals surface area contributed by atoms with Crippen LogP contribution in [0.5, 0.6) is 23.1 Å². The maximum absolute atomic E-state index is 14.4. The molecule has 3 aliphatic rings. The van der Waals surface area contributed by atoms with E-state index in [1.807, 2.05) is 0 Å². The molecule has 0 radical (unpaired) electrons. The molecule has 0 saturated carbocycles. The molecule has 1 atom stereocenters. The molecule has 1 fully saturated rings. The monoisotopic (exact) mass is 933 g/mol. The fourth-order valence-electron chi connectivity index (χ4n) is 8.04. The Morgan fingerprint density at radius 3 is 2.52 bits per heavy atom. The van der Waals surface area contributed by atoms with Crippen LogP contribution >= 0.6 is 22.9 Å². The van der Waals surface area contributed by atoms with Crippen LogP contribution in [-0.4, -0.2) is 113 Å². The number of aromatic nitrogens is 4. The number of piperazine rings is 1. The molecular weight excluding hydrogens is 893 g/mol. The summed E-state index contributed by atoms with van der Waals surface area (Å²) in [5.41, 5.74) is 3.59. The van der Waals surface area contributed by atoms with Crippen LogP contribution in [0.15, 0.2) is 97.5 Å². The van der Waals surface area contributed by atoms with Crippen molar-refractivity contribution in [2.75, 3.05) is 39.3 Å². The van der Waals surface area contributed by atoms with Gasteiger partial charge < -0.3 is 34.7 Å². The number of carbonyl (C=O) groups excluding carboxylic acids is 1. The number of fused-ring (bicyclic) bond motifs is 7. The molecule has 1 saturated heterocycles. The number of thiophene rings is 1. The smallest absolute Gasteiger partial charge is 0.345 e. The molecule has 7 aromatic rings.